The minimum absolute atomic E-state index is 0.0420. The minimum Gasteiger partial charge on any atom is -0.508 e. The van der Waals surface area contributed by atoms with Gasteiger partial charge in [-0.25, -0.2) is 4.79 Å². The highest BCUT2D eigenvalue weighted by Gasteiger charge is 2.21. The highest BCUT2D eigenvalue weighted by Crippen LogP contribution is 2.39. The van der Waals surface area contributed by atoms with Crippen LogP contribution < -0.4 is 4.74 Å². The van der Waals surface area contributed by atoms with Crippen LogP contribution >= 0.6 is 11.8 Å². The second-order valence-corrected chi connectivity index (χ2v) is 12.7. The third kappa shape index (κ3) is 9.87. The Morgan fingerprint density at radius 1 is 0.778 bits per heavy atom. The van der Waals surface area contributed by atoms with E-state index in [1.165, 1.54) is 50.3 Å². The van der Waals surface area contributed by atoms with Crippen molar-refractivity contribution in [2.24, 2.45) is 0 Å². The summed E-state index contributed by atoms with van der Waals surface area (Å²) in [5.74, 6) is -0.181. The molecule has 0 heterocycles. The van der Waals surface area contributed by atoms with Gasteiger partial charge in [0.05, 0.1) is 12.2 Å². The van der Waals surface area contributed by atoms with E-state index in [9.17, 15) is 20.1 Å². The van der Waals surface area contributed by atoms with Crippen molar-refractivity contribution in [3.63, 3.8) is 0 Å². The van der Waals surface area contributed by atoms with Crippen LogP contribution in [0.25, 0.3) is 11.1 Å². The average Bonchev–Trinajstić information content (AvgIpc) is 3.05. The number of phenolic OH excluding ortho intramolecular Hbond substituents is 1. The molecule has 4 aromatic rings. The lowest BCUT2D eigenvalue weighted by Gasteiger charge is -2.19. The van der Waals surface area contributed by atoms with Crippen molar-refractivity contribution >= 4 is 17.7 Å². The molecule has 0 spiro atoms. The van der Waals surface area contributed by atoms with Gasteiger partial charge in [0, 0.05) is 15.4 Å². The van der Waals surface area contributed by atoms with Gasteiger partial charge < -0.3 is 20.1 Å². The Morgan fingerprint density at radius 3 is 2.22 bits per heavy atom. The molecule has 4 rings (SSSR count). The second kappa shape index (κ2) is 17.7. The molecular formula is C39H46O5S. The SMILES string of the molecule is CCCCCCCCCc1ccc(O)c(C(O)c2ccccc2-c2ccc(Sc3ccc(OCCCC)cc3)c(C(=O)O)c2)c1. The van der Waals surface area contributed by atoms with Gasteiger partial charge in [0.2, 0.25) is 0 Å². The van der Waals surface area contributed by atoms with Crippen LogP contribution in [-0.4, -0.2) is 27.9 Å². The van der Waals surface area contributed by atoms with E-state index < -0.39 is 12.1 Å². The Bertz CT molecular complexity index is 1510. The number of unbranched alkanes of at least 4 members (excludes halogenated alkanes) is 7. The number of phenols is 1. The quantitative estimate of drug-likeness (QED) is 0.0953. The van der Waals surface area contributed by atoms with Crippen LogP contribution in [0.2, 0.25) is 0 Å². The molecule has 4 aromatic carbocycles. The van der Waals surface area contributed by atoms with E-state index in [0.717, 1.165) is 47.5 Å². The number of aliphatic hydroxyl groups is 1. The molecule has 0 radical (unpaired) electrons. The Labute approximate surface area is 272 Å². The average molecular weight is 627 g/mol. The van der Waals surface area contributed by atoms with Gasteiger partial charge in [-0.05, 0) is 90.0 Å². The Balaban J connectivity index is 1.52. The molecule has 238 valence electrons. The van der Waals surface area contributed by atoms with E-state index >= 15 is 0 Å². The number of carbonyl (C=O) groups is 1. The number of rotatable bonds is 18. The molecule has 1 unspecified atom stereocenters. The van der Waals surface area contributed by atoms with Crippen molar-refractivity contribution < 1.29 is 24.9 Å². The molecule has 0 fully saturated rings. The third-order valence-electron chi connectivity index (χ3n) is 8.05. The summed E-state index contributed by atoms with van der Waals surface area (Å²) in [5.41, 5.74) is 3.74. The molecule has 0 aliphatic heterocycles. The van der Waals surface area contributed by atoms with E-state index in [4.69, 9.17) is 4.74 Å². The third-order valence-corrected chi connectivity index (χ3v) is 9.13. The number of aryl methyl sites for hydroxylation is 1. The number of carboxylic acid groups (broad SMARTS) is 1. The first-order valence-electron chi connectivity index (χ1n) is 16.3. The highest BCUT2D eigenvalue weighted by molar-refractivity contribution is 7.99. The number of ether oxygens (including phenoxy) is 1. The summed E-state index contributed by atoms with van der Waals surface area (Å²) < 4.78 is 5.75. The lowest BCUT2D eigenvalue weighted by atomic mass is 9.90. The smallest absolute Gasteiger partial charge is 0.336 e. The van der Waals surface area contributed by atoms with Gasteiger partial charge in [0.15, 0.2) is 0 Å². The molecule has 0 saturated heterocycles. The minimum atomic E-state index is -1.07. The lowest BCUT2D eigenvalue weighted by molar-refractivity contribution is 0.0693. The van der Waals surface area contributed by atoms with Crippen LogP contribution in [-0.2, 0) is 6.42 Å². The lowest BCUT2D eigenvalue weighted by Crippen LogP contribution is -2.04. The summed E-state index contributed by atoms with van der Waals surface area (Å²) in [7, 11) is 0. The molecule has 1 atom stereocenters. The Kier molecular flexibility index (Phi) is 13.4. The predicted molar refractivity (Wildman–Crippen MR) is 184 cm³/mol. The van der Waals surface area contributed by atoms with Gasteiger partial charge >= 0.3 is 5.97 Å². The van der Waals surface area contributed by atoms with Gasteiger partial charge in [-0.15, -0.1) is 0 Å². The molecule has 6 heteroatoms. The molecule has 0 aliphatic carbocycles. The zero-order chi connectivity index (χ0) is 32.0. The van der Waals surface area contributed by atoms with Crippen molar-refractivity contribution in [1.29, 1.82) is 0 Å². The molecule has 0 aromatic heterocycles. The summed E-state index contributed by atoms with van der Waals surface area (Å²) in [6.07, 6.45) is 10.5. The van der Waals surface area contributed by atoms with Crippen LogP contribution in [0.3, 0.4) is 0 Å². The monoisotopic (exact) mass is 626 g/mol. The molecule has 0 saturated carbocycles. The predicted octanol–water partition coefficient (Wildman–Crippen LogP) is 10.5. The molecule has 45 heavy (non-hydrogen) atoms. The highest BCUT2D eigenvalue weighted by atomic mass is 32.2. The number of hydrogen-bond acceptors (Lipinski definition) is 5. The fraction of sp³-hybridized carbons (Fsp3) is 0.359. The molecule has 0 amide bonds. The maximum absolute atomic E-state index is 12.4. The van der Waals surface area contributed by atoms with Crippen LogP contribution in [0.4, 0.5) is 0 Å². The first kappa shape index (κ1) is 34.1. The first-order chi connectivity index (χ1) is 21.9. The van der Waals surface area contributed by atoms with Gasteiger partial charge in [-0.3, -0.25) is 0 Å². The summed E-state index contributed by atoms with van der Waals surface area (Å²) in [6, 6.07) is 26.0. The van der Waals surface area contributed by atoms with Crippen molar-refractivity contribution in [1.82, 2.24) is 0 Å². The number of carboxylic acids is 1. The normalized spacial score (nSPS) is 11.8. The van der Waals surface area contributed by atoms with Crippen molar-refractivity contribution in [3.05, 3.63) is 107 Å². The van der Waals surface area contributed by atoms with Gasteiger partial charge in [0.25, 0.3) is 0 Å². The fourth-order valence-electron chi connectivity index (χ4n) is 5.45. The van der Waals surface area contributed by atoms with E-state index in [1.807, 2.05) is 72.8 Å². The maximum atomic E-state index is 12.4. The number of aliphatic hydroxyl groups excluding tert-OH is 1. The van der Waals surface area contributed by atoms with Crippen molar-refractivity contribution in [2.75, 3.05) is 6.61 Å². The second-order valence-electron chi connectivity index (χ2n) is 11.5. The Hall–Kier alpha value is -3.74. The van der Waals surface area contributed by atoms with E-state index in [2.05, 4.69) is 13.8 Å². The number of aromatic carboxylic acids is 1. The molecular weight excluding hydrogens is 580 g/mol. The largest absolute Gasteiger partial charge is 0.508 e. The number of aromatic hydroxyl groups is 1. The van der Waals surface area contributed by atoms with Crippen LogP contribution in [0.5, 0.6) is 11.5 Å². The van der Waals surface area contributed by atoms with Crippen LogP contribution in [0, 0.1) is 0 Å². The first-order valence-corrected chi connectivity index (χ1v) is 17.1. The van der Waals surface area contributed by atoms with Crippen molar-refractivity contribution in [3.8, 4) is 22.6 Å². The molecule has 0 bridgehead atoms. The van der Waals surface area contributed by atoms with E-state index in [0.29, 0.717) is 28.2 Å². The zero-order valence-electron chi connectivity index (χ0n) is 26.5. The molecule has 0 aliphatic rings. The van der Waals surface area contributed by atoms with Crippen LogP contribution in [0.15, 0.2) is 94.7 Å². The molecule has 3 N–H and O–H groups in total. The summed E-state index contributed by atoms with van der Waals surface area (Å²) in [5, 5.41) is 32.4. The van der Waals surface area contributed by atoms with Crippen LogP contribution in [0.1, 0.15) is 105 Å². The fourth-order valence-corrected chi connectivity index (χ4v) is 6.37. The van der Waals surface area contributed by atoms with Crippen molar-refractivity contribution in [2.45, 2.75) is 94.0 Å². The van der Waals surface area contributed by atoms with Gasteiger partial charge in [-0.1, -0.05) is 107 Å². The Morgan fingerprint density at radius 2 is 1.49 bits per heavy atom. The summed E-state index contributed by atoms with van der Waals surface area (Å²) in [6.45, 7) is 5.02. The number of hydrogen-bond donors (Lipinski definition) is 3. The van der Waals surface area contributed by atoms with Gasteiger partial charge in [-0.2, -0.15) is 0 Å². The van der Waals surface area contributed by atoms with E-state index in [-0.39, 0.29) is 11.3 Å². The van der Waals surface area contributed by atoms with E-state index in [1.54, 1.807) is 12.1 Å². The topological polar surface area (TPSA) is 87.0 Å². The maximum Gasteiger partial charge on any atom is 0.336 e. The zero-order valence-corrected chi connectivity index (χ0v) is 27.3. The number of benzene rings is 4. The van der Waals surface area contributed by atoms with Gasteiger partial charge in [0.1, 0.15) is 17.6 Å². The standard InChI is InChI=1S/C39H46O5S/c1-3-5-7-8-9-10-11-14-28-17-23-36(40)34(26-28)38(41)33-16-13-12-15-32(33)29-18-24-37(35(27-29)39(42)43)45-31-21-19-30(20-22-31)44-25-6-4-2/h12-13,15-24,26-27,38,40-41H,3-11,14,25H2,1-2H3,(H,42,43). The summed E-state index contributed by atoms with van der Waals surface area (Å²) in [4.78, 5) is 13.9. The molecule has 5 nitrogen and oxygen atoms in total. The summed E-state index contributed by atoms with van der Waals surface area (Å²) >= 11 is 1.39.